The van der Waals surface area contributed by atoms with Crippen LogP contribution in [0.2, 0.25) is 0 Å². The molecule has 2 aromatic carbocycles. The Morgan fingerprint density at radius 2 is 1.83 bits per heavy atom. The van der Waals surface area contributed by atoms with Crippen LogP contribution in [0.4, 0.5) is 0 Å². The molecule has 1 aliphatic rings. The third kappa shape index (κ3) is 2.57. The molecular formula is C15H14O2Zn. The van der Waals surface area contributed by atoms with Gasteiger partial charge in [0.2, 0.25) is 0 Å². The van der Waals surface area contributed by atoms with Gasteiger partial charge < -0.3 is 9.84 Å². The molecule has 1 aliphatic heterocycles. The van der Waals surface area contributed by atoms with E-state index in [1.54, 1.807) is 12.1 Å². The van der Waals surface area contributed by atoms with Gasteiger partial charge in [-0.05, 0) is 42.2 Å². The van der Waals surface area contributed by atoms with Crippen LogP contribution >= 0.6 is 0 Å². The van der Waals surface area contributed by atoms with Crippen molar-refractivity contribution in [3.8, 4) is 11.5 Å². The van der Waals surface area contributed by atoms with E-state index in [9.17, 15) is 5.11 Å². The first-order chi connectivity index (χ1) is 8.33. The van der Waals surface area contributed by atoms with Crippen LogP contribution in [0.15, 0.2) is 48.5 Å². The molecule has 18 heavy (non-hydrogen) atoms. The molecule has 2 aromatic rings. The zero-order valence-electron chi connectivity index (χ0n) is 10.2. The molecule has 1 unspecified atom stereocenters. The number of fused-ring (bicyclic) bond motifs is 1. The zero-order valence-corrected chi connectivity index (χ0v) is 13.1. The van der Waals surface area contributed by atoms with E-state index >= 15 is 0 Å². The summed E-state index contributed by atoms with van der Waals surface area (Å²) in [6.07, 6.45) is 2.04. The van der Waals surface area contributed by atoms with E-state index in [0.29, 0.717) is 5.75 Å². The Hall–Kier alpha value is -1.34. The summed E-state index contributed by atoms with van der Waals surface area (Å²) in [4.78, 5) is 0. The minimum Gasteiger partial charge on any atom is -0.508 e. The van der Waals surface area contributed by atoms with Crippen molar-refractivity contribution in [2.45, 2.75) is 18.9 Å². The van der Waals surface area contributed by atoms with Crippen LogP contribution in [0, 0.1) is 0 Å². The molecule has 1 atom stereocenters. The Kier molecular flexibility index (Phi) is 4.03. The summed E-state index contributed by atoms with van der Waals surface area (Å²) in [6.45, 7) is 0. The average Bonchev–Trinajstić information content (AvgIpc) is 2.39. The minimum atomic E-state index is 0. The molecule has 0 aromatic heterocycles. The average molecular weight is 292 g/mol. The van der Waals surface area contributed by atoms with Gasteiger partial charge in [-0.2, -0.15) is 0 Å². The molecule has 1 heterocycles. The fraction of sp³-hybridized carbons (Fsp3) is 0.200. The summed E-state index contributed by atoms with van der Waals surface area (Å²) >= 11 is 0. The van der Waals surface area contributed by atoms with Gasteiger partial charge in [0.1, 0.15) is 17.6 Å². The number of aryl methyl sites for hydroxylation is 1. The van der Waals surface area contributed by atoms with E-state index in [4.69, 9.17) is 4.74 Å². The van der Waals surface area contributed by atoms with Crippen molar-refractivity contribution >= 4 is 0 Å². The van der Waals surface area contributed by atoms with Crippen molar-refractivity contribution < 1.29 is 29.3 Å². The van der Waals surface area contributed by atoms with Gasteiger partial charge in [0.15, 0.2) is 0 Å². The molecule has 0 bridgehead atoms. The van der Waals surface area contributed by atoms with E-state index in [2.05, 4.69) is 12.1 Å². The van der Waals surface area contributed by atoms with Crippen LogP contribution in [-0.4, -0.2) is 5.11 Å². The van der Waals surface area contributed by atoms with Gasteiger partial charge in [-0.25, -0.2) is 0 Å². The van der Waals surface area contributed by atoms with Gasteiger partial charge in [-0.3, -0.25) is 0 Å². The first-order valence-electron chi connectivity index (χ1n) is 5.86. The van der Waals surface area contributed by atoms with Gasteiger partial charge in [0.25, 0.3) is 0 Å². The molecule has 2 nitrogen and oxygen atoms in total. The van der Waals surface area contributed by atoms with Gasteiger partial charge in [0.05, 0.1) is 0 Å². The minimum absolute atomic E-state index is 0. The van der Waals surface area contributed by atoms with Gasteiger partial charge >= 0.3 is 0 Å². The SMILES string of the molecule is Oc1ccc2c(c1)CCC(c1ccccc1)O2.[Zn]. The molecule has 0 saturated heterocycles. The van der Waals surface area contributed by atoms with E-state index in [-0.39, 0.29) is 25.6 Å². The third-order valence-electron chi connectivity index (χ3n) is 3.16. The van der Waals surface area contributed by atoms with Crippen LogP contribution in [-0.2, 0) is 25.9 Å². The second kappa shape index (κ2) is 5.54. The van der Waals surface area contributed by atoms with Crippen LogP contribution in [0.5, 0.6) is 11.5 Å². The normalized spacial score (nSPS) is 17.2. The van der Waals surface area contributed by atoms with Crippen molar-refractivity contribution in [2.75, 3.05) is 0 Å². The van der Waals surface area contributed by atoms with E-state index < -0.39 is 0 Å². The summed E-state index contributed by atoms with van der Waals surface area (Å²) in [5, 5.41) is 9.42. The summed E-state index contributed by atoms with van der Waals surface area (Å²) in [5.41, 5.74) is 2.31. The number of ether oxygens (including phenoxy) is 1. The van der Waals surface area contributed by atoms with Crippen LogP contribution in [0.1, 0.15) is 23.7 Å². The maximum absolute atomic E-state index is 9.42. The molecule has 0 aliphatic carbocycles. The molecule has 0 fully saturated rings. The number of hydrogen-bond donors (Lipinski definition) is 1. The molecule has 0 radical (unpaired) electrons. The fourth-order valence-corrected chi connectivity index (χ4v) is 2.28. The van der Waals surface area contributed by atoms with Crippen LogP contribution < -0.4 is 4.74 Å². The molecule has 1 N–H and O–H groups in total. The number of benzene rings is 2. The first-order valence-corrected chi connectivity index (χ1v) is 5.86. The largest absolute Gasteiger partial charge is 0.508 e. The Labute approximate surface area is 119 Å². The van der Waals surface area contributed by atoms with Crippen molar-refractivity contribution in [3.05, 3.63) is 59.7 Å². The van der Waals surface area contributed by atoms with Crippen LogP contribution in [0.3, 0.4) is 0 Å². The third-order valence-corrected chi connectivity index (χ3v) is 3.16. The monoisotopic (exact) mass is 290 g/mol. The number of hydrogen-bond acceptors (Lipinski definition) is 2. The first kappa shape index (κ1) is 13.1. The smallest absolute Gasteiger partial charge is 0.124 e. The summed E-state index contributed by atoms with van der Waals surface area (Å²) in [6, 6.07) is 15.6. The van der Waals surface area contributed by atoms with E-state index in [1.807, 2.05) is 24.3 Å². The molecular weight excluding hydrogens is 278 g/mol. The number of phenols is 1. The van der Waals surface area contributed by atoms with Crippen molar-refractivity contribution in [3.63, 3.8) is 0 Å². The van der Waals surface area contributed by atoms with Crippen molar-refractivity contribution in [1.29, 1.82) is 0 Å². The molecule has 3 rings (SSSR count). The Morgan fingerprint density at radius 3 is 2.61 bits per heavy atom. The number of rotatable bonds is 1. The quantitative estimate of drug-likeness (QED) is 0.816. The summed E-state index contributed by atoms with van der Waals surface area (Å²) in [7, 11) is 0. The maximum atomic E-state index is 9.42. The molecule has 0 amide bonds. The summed E-state index contributed by atoms with van der Waals surface area (Å²) < 4.78 is 5.96. The van der Waals surface area contributed by atoms with Gasteiger partial charge in [-0.15, -0.1) is 0 Å². The van der Waals surface area contributed by atoms with Crippen molar-refractivity contribution in [1.82, 2.24) is 0 Å². The van der Waals surface area contributed by atoms with Crippen molar-refractivity contribution in [2.24, 2.45) is 0 Å². The predicted octanol–water partition coefficient (Wildman–Crippen LogP) is 3.46. The Bertz CT molecular complexity index is 525. The maximum Gasteiger partial charge on any atom is 0.124 e. The standard InChI is InChI=1S/C15H14O2.Zn/c16-13-7-9-15-12(10-13)6-8-14(17-15)11-4-2-1-3-5-11;/h1-5,7,9-10,14,16H,6,8H2;. The summed E-state index contributed by atoms with van der Waals surface area (Å²) in [5.74, 6) is 1.20. The van der Waals surface area contributed by atoms with Gasteiger partial charge in [-0.1, -0.05) is 30.3 Å². The molecule has 88 valence electrons. The Balaban J connectivity index is 0.00000120. The number of aromatic hydroxyl groups is 1. The molecule has 0 spiro atoms. The van der Waals surface area contributed by atoms with Gasteiger partial charge in [0, 0.05) is 19.5 Å². The zero-order chi connectivity index (χ0) is 11.7. The fourth-order valence-electron chi connectivity index (χ4n) is 2.28. The topological polar surface area (TPSA) is 29.5 Å². The Morgan fingerprint density at radius 1 is 1.06 bits per heavy atom. The predicted molar refractivity (Wildman–Crippen MR) is 66.2 cm³/mol. The van der Waals surface area contributed by atoms with Crippen LogP contribution in [0.25, 0.3) is 0 Å². The second-order valence-electron chi connectivity index (χ2n) is 4.35. The van der Waals surface area contributed by atoms with E-state index in [1.165, 1.54) is 5.56 Å². The molecule has 0 saturated carbocycles. The molecule has 3 heteroatoms. The second-order valence-corrected chi connectivity index (χ2v) is 4.35. The van der Waals surface area contributed by atoms with E-state index in [0.717, 1.165) is 24.2 Å². The number of phenolic OH excluding ortho intramolecular Hbond substituents is 1.